The summed E-state index contributed by atoms with van der Waals surface area (Å²) in [6.07, 6.45) is 0.413. The van der Waals surface area contributed by atoms with Gasteiger partial charge in [0.1, 0.15) is 5.58 Å². The van der Waals surface area contributed by atoms with Crippen molar-refractivity contribution in [2.24, 2.45) is 0 Å². The van der Waals surface area contributed by atoms with Crippen molar-refractivity contribution in [1.82, 2.24) is 5.32 Å². The van der Waals surface area contributed by atoms with E-state index in [9.17, 15) is 19.2 Å². The number of fused-ring (bicyclic) bond motifs is 1. The van der Waals surface area contributed by atoms with E-state index in [1.54, 1.807) is 48.5 Å². The van der Waals surface area contributed by atoms with Gasteiger partial charge in [-0.15, -0.1) is 0 Å². The van der Waals surface area contributed by atoms with E-state index >= 15 is 0 Å². The Kier molecular flexibility index (Phi) is 4.70. The number of hydrogen-bond donors (Lipinski definition) is 2. The highest BCUT2D eigenvalue weighted by Crippen LogP contribution is 2.23. The van der Waals surface area contributed by atoms with Crippen molar-refractivity contribution in [3.63, 3.8) is 0 Å². The lowest BCUT2D eigenvalue weighted by Gasteiger charge is -2.08. The minimum Gasteiger partial charge on any atom is -0.451 e. The van der Waals surface area contributed by atoms with E-state index in [0.29, 0.717) is 23.1 Å². The first kappa shape index (κ1) is 18.0. The first-order valence-corrected chi connectivity index (χ1v) is 9.32. The van der Waals surface area contributed by atoms with Crippen LogP contribution in [0.3, 0.4) is 0 Å². The van der Waals surface area contributed by atoms with Gasteiger partial charge in [0, 0.05) is 11.8 Å². The lowest BCUT2D eigenvalue weighted by molar-refractivity contribution is -0.118. The first-order valence-electron chi connectivity index (χ1n) is 8.44. The number of carbonyl (C=O) groups excluding carboxylic acids is 3. The van der Waals surface area contributed by atoms with E-state index in [4.69, 9.17) is 4.42 Å². The second kappa shape index (κ2) is 7.32. The number of nitrogens with one attached hydrogen (secondary N) is 2. The van der Waals surface area contributed by atoms with Gasteiger partial charge in [0.25, 0.3) is 11.1 Å². The van der Waals surface area contributed by atoms with Crippen LogP contribution in [0, 0.1) is 0 Å². The molecule has 8 heteroatoms. The van der Waals surface area contributed by atoms with E-state index in [1.165, 1.54) is 6.07 Å². The van der Waals surface area contributed by atoms with Crippen molar-refractivity contribution in [2.75, 3.05) is 5.32 Å². The highest BCUT2D eigenvalue weighted by atomic mass is 32.2. The molecule has 3 aromatic rings. The fraction of sp³-hybridized carbons (Fsp3) is 0.100. The van der Waals surface area contributed by atoms with Crippen molar-refractivity contribution in [3.05, 3.63) is 76.1 Å². The molecule has 2 heterocycles. The SMILES string of the molecule is O=C1NC(=O)C(Cc2ccc(NC(=O)c3cc(=O)c4ccccc4o3)cc2)S1. The number of amides is 3. The first-order chi connectivity index (χ1) is 13.5. The molecular weight excluding hydrogens is 380 g/mol. The summed E-state index contributed by atoms with van der Waals surface area (Å²) in [5.41, 5.74) is 1.43. The van der Waals surface area contributed by atoms with Crippen LogP contribution < -0.4 is 16.1 Å². The smallest absolute Gasteiger partial charge is 0.291 e. The number of rotatable bonds is 4. The normalized spacial score (nSPS) is 16.2. The predicted molar refractivity (Wildman–Crippen MR) is 106 cm³/mol. The molecule has 3 amide bonds. The molecule has 4 rings (SSSR count). The maximum atomic E-state index is 12.4. The molecule has 1 unspecified atom stereocenters. The van der Waals surface area contributed by atoms with Crippen LogP contribution in [0.4, 0.5) is 10.5 Å². The molecular formula is C20H14N2O5S. The Morgan fingerprint density at radius 2 is 1.82 bits per heavy atom. The van der Waals surface area contributed by atoms with E-state index in [1.807, 2.05) is 0 Å². The molecule has 28 heavy (non-hydrogen) atoms. The van der Waals surface area contributed by atoms with Crippen molar-refractivity contribution in [2.45, 2.75) is 11.7 Å². The Hall–Kier alpha value is -3.39. The average Bonchev–Trinajstić information content (AvgIpc) is 3.00. The Morgan fingerprint density at radius 1 is 1.07 bits per heavy atom. The van der Waals surface area contributed by atoms with Crippen LogP contribution in [0.5, 0.6) is 0 Å². The largest absolute Gasteiger partial charge is 0.451 e. The average molecular weight is 394 g/mol. The van der Waals surface area contributed by atoms with Gasteiger partial charge >= 0.3 is 0 Å². The molecule has 0 aliphatic carbocycles. The molecule has 2 aromatic carbocycles. The molecule has 0 radical (unpaired) electrons. The third kappa shape index (κ3) is 3.67. The summed E-state index contributed by atoms with van der Waals surface area (Å²) >= 11 is 0.972. The van der Waals surface area contributed by atoms with Crippen LogP contribution in [0.2, 0.25) is 0 Å². The van der Waals surface area contributed by atoms with Crippen LogP contribution in [0.15, 0.2) is 63.8 Å². The molecule has 1 atom stereocenters. The number of anilines is 1. The minimum atomic E-state index is -0.535. The third-order valence-corrected chi connectivity index (χ3v) is 5.24. The van der Waals surface area contributed by atoms with Gasteiger partial charge in [-0.2, -0.15) is 0 Å². The highest BCUT2D eigenvalue weighted by molar-refractivity contribution is 8.15. The Morgan fingerprint density at radius 3 is 2.54 bits per heavy atom. The summed E-state index contributed by atoms with van der Waals surface area (Å²) in [5, 5.41) is 4.56. The second-order valence-corrected chi connectivity index (χ2v) is 7.38. The van der Waals surface area contributed by atoms with E-state index in [0.717, 1.165) is 17.3 Å². The van der Waals surface area contributed by atoms with Crippen molar-refractivity contribution in [1.29, 1.82) is 0 Å². The summed E-state index contributed by atoms with van der Waals surface area (Å²) in [6, 6.07) is 14.8. The van der Waals surface area contributed by atoms with Gasteiger partial charge < -0.3 is 9.73 Å². The van der Waals surface area contributed by atoms with Crippen molar-refractivity contribution < 1.29 is 18.8 Å². The van der Waals surface area contributed by atoms with Crippen molar-refractivity contribution in [3.8, 4) is 0 Å². The molecule has 0 spiro atoms. The molecule has 1 fully saturated rings. The van der Waals surface area contributed by atoms with Gasteiger partial charge in [-0.25, -0.2) is 0 Å². The molecule has 1 aliphatic heterocycles. The van der Waals surface area contributed by atoms with Gasteiger partial charge in [0.2, 0.25) is 5.91 Å². The molecule has 140 valence electrons. The highest BCUT2D eigenvalue weighted by Gasteiger charge is 2.31. The number of thioether (sulfide) groups is 1. The summed E-state index contributed by atoms with van der Waals surface area (Å²) in [6.45, 7) is 0. The topological polar surface area (TPSA) is 105 Å². The zero-order chi connectivity index (χ0) is 19.7. The Bertz CT molecular complexity index is 1150. The number of imide groups is 1. The summed E-state index contributed by atoms with van der Waals surface area (Å²) in [5.74, 6) is -0.907. The molecule has 2 N–H and O–H groups in total. The fourth-order valence-corrected chi connectivity index (χ4v) is 3.73. The molecule has 1 aromatic heterocycles. The molecule has 0 bridgehead atoms. The minimum absolute atomic E-state index is 0.0784. The summed E-state index contributed by atoms with van der Waals surface area (Å²) < 4.78 is 5.52. The zero-order valence-corrected chi connectivity index (χ0v) is 15.2. The number of hydrogen-bond acceptors (Lipinski definition) is 6. The van der Waals surface area contributed by atoms with E-state index < -0.39 is 11.2 Å². The van der Waals surface area contributed by atoms with Crippen LogP contribution in [-0.2, 0) is 11.2 Å². The number of para-hydroxylation sites is 1. The van der Waals surface area contributed by atoms with Crippen LogP contribution in [0.1, 0.15) is 16.1 Å². The maximum absolute atomic E-state index is 12.4. The van der Waals surface area contributed by atoms with E-state index in [-0.39, 0.29) is 22.3 Å². The maximum Gasteiger partial charge on any atom is 0.291 e. The van der Waals surface area contributed by atoms with Crippen LogP contribution >= 0.6 is 11.8 Å². The number of carbonyl (C=O) groups is 3. The monoisotopic (exact) mass is 394 g/mol. The lowest BCUT2D eigenvalue weighted by atomic mass is 10.1. The van der Waals surface area contributed by atoms with E-state index in [2.05, 4.69) is 10.6 Å². The molecule has 7 nitrogen and oxygen atoms in total. The van der Waals surface area contributed by atoms with Crippen LogP contribution in [0.25, 0.3) is 11.0 Å². The summed E-state index contributed by atoms with van der Waals surface area (Å²) in [7, 11) is 0. The summed E-state index contributed by atoms with van der Waals surface area (Å²) in [4.78, 5) is 47.4. The van der Waals surface area contributed by atoms with Crippen LogP contribution in [-0.4, -0.2) is 22.3 Å². The van der Waals surface area contributed by atoms with Gasteiger partial charge in [0.05, 0.1) is 10.6 Å². The molecule has 1 aliphatic rings. The van der Waals surface area contributed by atoms with Gasteiger partial charge in [0.15, 0.2) is 11.2 Å². The number of benzene rings is 2. The third-order valence-electron chi connectivity index (χ3n) is 4.26. The van der Waals surface area contributed by atoms with Gasteiger partial charge in [-0.3, -0.25) is 24.5 Å². The zero-order valence-electron chi connectivity index (χ0n) is 14.4. The molecule has 0 saturated carbocycles. The standard InChI is InChI=1S/C20H14N2O5S/c23-14-10-16(27-15-4-2-1-3-13(14)15)18(24)21-12-7-5-11(6-8-12)9-17-19(25)22-20(26)28-17/h1-8,10,17H,9H2,(H,21,24)(H,22,25,26). The Labute approximate surface area is 163 Å². The lowest BCUT2D eigenvalue weighted by Crippen LogP contribution is -2.25. The van der Waals surface area contributed by atoms with Gasteiger partial charge in [-0.05, 0) is 36.2 Å². The Balaban J connectivity index is 1.47. The fourth-order valence-electron chi connectivity index (χ4n) is 2.87. The van der Waals surface area contributed by atoms with Gasteiger partial charge in [-0.1, -0.05) is 36.0 Å². The predicted octanol–water partition coefficient (Wildman–Crippen LogP) is 2.94. The quantitative estimate of drug-likeness (QED) is 0.705. The van der Waals surface area contributed by atoms with Crippen molar-refractivity contribution >= 4 is 45.5 Å². The second-order valence-electron chi connectivity index (χ2n) is 6.21. The molecule has 1 saturated heterocycles.